The van der Waals surface area contributed by atoms with E-state index in [1.54, 1.807) is 0 Å². The Morgan fingerprint density at radius 1 is 1.38 bits per heavy atom. The molecule has 8 heavy (non-hydrogen) atoms. The molecule has 6 heteroatoms. The van der Waals surface area contributed by atoms with E-state index in [2.05, 4.69) is 4.52 Å². The van der Waals surface area contributed by atoms with Crippen LogP contribution in [0.5, 0.6) is 0 Å². The van der Waals surface area contributed by atoms with Gasteiger partial charge in [-0.1, -0.05) is 0 Å². The van der Waals surface area contributed by atoms with Crippen LogP contribution in [0.3, 0.4) is 0 Å². The molecule has 0 atom stereocenters. The molecule has 2 N–H and O–H groups in total. The first-order chi connectivity index (χ1) is 3.30. The first-order valence-electron chi connectivity index (χ1n) is 1.57. The zero-order valence-corrected chi connectivity index (χ0v) is 3.22. The van der Waals surface area contributed by atoms with Gasteiger partial charge in [-0.3, -0.25) is 4.79 Å². The zero-order valence-electron chi connectivity index (χ0n) is 3.22. The minimum atomic E-state index is -0.903. The second-order valence-electron chi connectivity index (χ2n) is 0.946. The van der Waals surface area contributed by atoms with Crippen LogP contribution in [0.2, 0.25) is 0 Å². The van der Waals surface area contributed by atoms with Gasteiger partial charge in [0.2, 0.25) is 0 Å². The first kappa shape index (κ1) is 7.74. The Kier molecular flexibility index (Phi) is 2.81. The fourth-order valence-electron chi connectivity index (χ4n) is 0.216. The molecule has 0 aromatic carbocycles. The molecule has 0 spiro atoms. The molecule has 1 heterocycles. The second kappa shape index (κ2) is 2.91. The number of rotatable bonds is 0. The second-order valence-corrected chi connectivity index (χ2v) is 0.946. The van der Waals surface area contributed by atoms with Gasteiger partial charge in [0.1, 0.15) is 0 Å². The Morgan fingerprint density at radius 2 is 2.00 bits per heavy atom. The van der Waals surface area contributed by atoms with Crippen molar-refractivity contribution in [1.29, 1.82) is 0 Å². The maximum absolute atomic E-state index is 9.93. The molecule has 0 saturated carbocycles. The molecule has 0 unspecified atom stereocenters. The van der Waals surface area contributed by atoms with Gasteiger partial charge in [-0.15, -0.1) is 0 Å². The number of aromatic amines is 2. The zero-order chi connectivity index (χ0) is 5.28. The van der Waals surface area contributed by atoms with Crippen molar-refractivity contribution in [2.75, 3.05) is 0 Å². The summed E-state index contributed by atoms with van der Waals surface area (Å²) in [6.07, 6.45) is 0. The SMILES string of the molecule is O=c1[nH][nH]oc1=O.[NaH]. The quantitative estimate of drug-likeness (QED) is 0.312. The predicted octanol–water partition coefficient (Wildman–Crippen LogP) is -1.99. The van der Waals surface area contributed by atoms with Crippen LogP contribution in [-0.4, -0.2) is 39.9 Å². The summed E-state index contributed by atoms with van der Waals surface area (Å²) in [7, 11) is 0. The normalized spacial score (nSPS) is 8.00. The van der Waals surface area contributed by atoms with Gasteiger partial charge < -0.3 is 4.52 Å². The molecule has 0 amide bonds. The minimum absolute atomic E-state index is 0. The van der Waals surface area contributed by atoms with Gasteiger partial charge in [0.05, 0.1) is 0 Å². The number of nitrogens with one attached hydrogen (secondary N) is 2. The Bertz CT molecular complexity index is 220. The Hall–Kier alpha value is -0.260. The summed E-state index contributed by atoms with van der Waals surface area (Å²) in [4.78, 5) is 19.8. The van der Waals surface area contributed by atoms with E-state index in [1.807, 2.05) is 10.4 Å². The van der Waals surface area contributed by atoms with Crippen molar-refractivity contribution >= 4 is 29.6 Å². The summed E-state index contributed by atoms with van der Waals surface area (Å²) < 4.78 is 3.92. The molecule has 5 nitrogen and oxygen atoms in total. The van der Waals surface area contributed by atoms with Crippen molar-refractivity contribution < 1.29 is 4.52 Å². The molecule has 1 aromatic heterocycles. The third kappa shape index (κ3) is 1.36. The van der Waals surface area contributed by atoms with Crippen LogP contribution in [0.4, 0.5) is 0 Å². The molecular formula is C2H3N2NaO3. The number of H-pyrrole nitrogens is 2. The molecule has 0 aliphatic rings. The van der Waals surface area contributed by atoms with Crippen LogP contribution in [0.25, 0.3) is 0 Å². The third-order valence-electron chi connectivity index (χ3n) is 0.494. The molecule has 40 valence electrons. The summed E-state index contributed by atoms with van der Waals surface area (Å²) in [5, 5.41) is 3.78. The molecule has 1 aromatic rings. The maximum atomic E-state index is 9.93. The average molecular weight is 126 g/mol. The van der Waals surface area contributed by atoms with Gasteiger partial charge in [-0.25, -0.2) is 9.89 Å². The van der Waals surface area contributed by atoms with E-state index < -0.39 is 11.2 Å². The van der Waals surface area contributed by atoms with Crippen LogP contribution in [0.15, 0.2) is 14.1 Å². The van der Waals surface area contributed by atoms with Crippen molar-refractivity contribution in [3.05, 3.63) is 20.8 Å². The fourth-order valence-corrected chi connectivity index (χ4v) is 0.216. The molecule has 0 aliphatic carbocycles. The van der Waals surface area contributed by atoms with E-state index >= 15 is 0 Å². The van der Waals surface area contributed by atoms with Gasteiger partial charge >= 0.3 is 40.7 Å². The molecule has 0 aliphatic heterocycles. The summed E-state index contributed by atoms with van der Waals surface area (Å²) in [6.45, 7) is 0. The Morgan fingerprint density at radius 3 is 2.12 bits per heavy atom. The Balaban J connectivity index is 0.000000490. The van der Waals surface area contributed by atoms with E-state index in [0.29, 0.717) is 0 Å². The van der Waals surface area contributed by atoms with Gasteiger partial charge in [-0.05, 0) is 0 Å². The van der Waals surface area contributed by atoms with Crippen LogP contribution in [0, 0.1) is 0 Å². The molecule has 0 bridgehead atoms. The van der Waals surface area contributed by atoms with Gasteiger partial charge in [0, 0.05) is 0 Å². The topological polar surface area (TPSA) is 78.9 Å². The van der Waals surface area contributed by atoms with E-state index in [1.165, 1.54) is 0 Å². The van der Waals surface area contributed by atoms with Crippen molar-refractivity contribution in [3.8, 4) is 0 Å². The van der Waals surface area contributed by atoms with Crippen LogP contribution in [-0.2, 0) is 0 Å². The van der Waals surface area contributed by atoms with Crippen molar-refractivity contribution in [1.82, 2.24) is 10.4 Å². The average Bonchev–Trinajstić information content (AvgIpc) is 1.91. The van der Waals surface area contributed by atoms with Crippen molar-refractivity contribution in [2.45, 2.75) is 0 Å². The van der Waals surface area contributed by atoms with Crippen LogP contribution in [0.1, 0.15) is 0 Å². The van der Waals surface area contributed by atoms with Gasteiger partial charge in [0.15, 0.2) is 0 Å². The predicted molar refractivity (Wildman–Crippen MR) is 27.1 cm³/mol. The molecule has 0 radical (unpaired) electrons. The van der Waals surface area contributed by atoms with Gasteiger partial charge in [-0.2, -0.15) is 5.27 Å². The van der Waals surface area contributed by atoms with Crippen LogP contribution < -0.4 is 11.2 Å². The first-order valence-corrected chi connectivity index (χ1v) is 1.57. The van der Waals surface area contributed by atoms with Crippen LogP contribution >= 0.6 is 0 Å². The summed E-state index contributed by atoms with van der Waals surface area (Å²) in [5.41, 5.74) is -1.67. The molecule has 0 fully saturated rings. The third-order valence-corrected chi connectivity index (χ3v) is 0.494. The van der Waals surface area contributed by atoms with E-state index in [4.69, 9.17) is 0 Å². The van der Waals surface area contributed by atoms with E-state index in [0.717, 1.165) is 0 Å². The molecule has 1 rings (SSSR count). The summed E-state index contributed by atoms with van der Waals surface area (Å²) in [5.74, 6) is 0. The van der Waals surface area contributed by atoms with Gasteiger partial charge in [0.25, 0.3) is 0 Å². The number of hydrogen-bond acceptors (Lipinski definition) is 3. The number of hydrogen-bond donors (Lipinski definition) is 2. The number of aromatic nitrogens is 2. The fraction of sp³-hybridized carbons (Fsp3) is 0. The van der Waals surface area contributed by atoms with E-state index in [-0.39, 0.29) is 29.6 Å². The van der Waals surface area contributed by atoms with Crippen molar-refractivity contribution in [2.24, 2.45) is 0 Å². The monoisotopic (exact) mass is 126 g/mol. The molecular weight excluding hydrogens is 123 g/mol. The molecule has 0 saturated heterocycles. The summed E-state index contributed by atoms with van der Waals surface area (Å²) in [6, 6.07) is 0. The standard InChI is InChI=1S/C2H2N2O3.Na.H/c5-1-2(6)7-4-3-1;;/h4H,(H,3,5);;. The van der Waals surface area contributed by atoms with E-state index in [9.17, 15) is 9.59 Å². The van der Waals surface area contributed by atoms with Crippen molar-refractivity contribution in [3.63, 3.8) is 0 Å². The summed E-state index contributed by atoms with van der Waals surface area (Å²) >= 11 is 0. The Labute approximate surface area is 65.3 Å².